The van der Waals surface area contributed by atoms with Gasteiger partial charge in [0.25, 0.3) is 0 Å². The summed E-state index contributed by atoms with van der Waals surface area (Å²) in [6, 6.07) is 16.0. The second kappa shape index (κ2) is 10.7. The van der Waals surface area contributed by atoms with E-state index >= 15 is 0 Å². The summed E-state index contributed by atoms with van der Waals surface area (Å²) in [5.41, 5.74) is 1.27. The van der Waals surface area contributed by atoms with Gasteiger partial charge in [-0.2, -0.15) is 0 Å². The summed E-state index contributed by atoms with van der Waals surface area (Å²) in [4.78, 5) is 14.5. The van der Waals surface area contributed by atoms with Gasteiger partial charge in [0.2, 0.25) is 0 Å². The molecule has 2 aromatic carbocycles. The average Bonchev–Trinajstić information content (AvgIpc) is 2.69. The number of benzene rings is 2. The van der Waals surface area contributed by atoms with E-state index in [1.165, 1.54) is 17.7 Å². The van der Waals surface area contributed by atoms with Crippen LogP contribution in [0, 0.1) is 5.82 Å². The van der Waals surface area contributed by atoms with E-state index in [0.29, 0.717) is 12.0 Å². The molecular formula is C23H29ClFNO2. The summed E-state index contributed by atoms with van der Waals surface area (Å²) in [6.07, 6.45) is 4.54. The first-order valence-corrected chi connectivity index (χ1v) is 9.82. The Labute approximate surface area is 173 Å². The number of nitrogens with zero attached hydrogens (tertiary/aromatic N) is 1. The molecule has 5 heteroatoms. The van der Waals surface area contributed by atoms with Gasteiger partial charge >= 0.3 is 0 Å². The van der Waals surface area contributed by atoms with Crippen LogP contribution < -0.4 is 0 Å². The standard InChI is InChI=1S/C23H28FNO2.ClH/c24-21-10-8-20(9-11-21)22(26)7-4-16-25-17-14-23(27,15-18-25)13-12-19-5-2-1-3-6-19;/h1-3,5-6,8-11,27H,4,7,12-18H2;1H. The molecule has 1 aliphatic heterocycles. The number of rotatable bonds is 8. The van der Waals surface area contributed by atoms with Crippen LogP contribution in [0.15, 0.2) is 54.6 Å². The van der Waals surface area contributed by atoms with Gasteiger partial charge in [-0.05, 0) is 68.5 Å². The van der Waals surface area contributed by atoms with E-state index in [9.17, 15) is 14.3 Å². The molecule has 3 nitrogen and oxygen atoms in total. The fraction of sp³-hybridized carbons (Fsp3) is 0.435. The van der Waals surface area contributed by atoms with Crippen LogP contribution in [0.1, 0.15) is 48.0 Å². The molecule has 1 aliphatic rings. The molecule has 1 saturated heterocycles. The van der Waals surface area contributed by atoms with Crippen molar-refractivity contribution in [3.05, 3.63) is 71.5 Å². The summed E-state index contributed by atoms with van der Waals surface area (Å²) in [7, 11) is 0. The number of Topliss-reactive ketones (excluding diaryl/α,β-unsaturated/α-hetero) is 1. The van der Waals surface area contributed by atoms with E-state index in [1.807, 2.05) is 18.2 Å². The van der Waals surface area contributed by atoms with E-state index in [4.69, 9.17) is 0 Å². The minimum atomic E-state index is -0.573. The second-order valence-electron chi connectivity index (χ2n) is 7.59. The van der Waals surface area contributed by atoms with Crippen LogP contribution >= 0.6 is 12.4 Å². The number of hydrogen-bond donors (Lipinski definition) is 1. The fourth-order valence-corrected chi connectivity index (χ4v) is 3.71. The number of hydrogen-bond acceptors (Lipinski definition) is 3. The highest BCUT2D eigenvalue weighted by Crippen LogP contribution is 2.27. The van der Waals surface area contributed by atoms with Crippen LogP contribution in [-0.2, 0) is 6.42 Å². The van der Waals surface area contributed by atoms with Crippen molar-refractivity contribution in [2.24, 2.45) is 0 Å². The second-order valence-corrected chi connectivity index (χ2v) is 7.59. The normalized spacial score (nSPS) is 16.4. The van der Waals surface area contributed by atoms with Crippen LogP contribution in [0.3, 0.4) is 0 Å². The van der Waals surface area contributed by atoms with Crippen molar-refractivity contribution < 1.29 is 14.3 Å². The Balaban J connectivity index is 0.00000280. The summed E-state index contributed by atoms with van der Waals surface area (Å²) >= 11 is 0. The van der Waals surface area contributed by atoms with Gasteiger partial charge in [-0.1, -0.05) is 30.3 Å². The molecule has 0 radical (unpaired) electrons. The van der Waals surface area contributed by atoms with Gasteiger partial charge in [-0.3, -0.25) is 4.79 Å². The molecule has 3 rings (SSSR count). The zero-order chi connectivity index (χ0) is 19.1. The van der Waals surface area contributed by atoms with Crippen molar-refractivity contribution in [2.75, 3.05) is 19.6 Å². The lowest BCUT2D eigenvalue weighted by atomic mass is 9.85. The van der Waals surface area contributed by atoms with Crippen LogP contribution in [0.4, 0.5) is 4.39 Å². The molecule has 152 valence electrons. The molecule has 0 aliphatic carbocycles. The third kappa shape index (κ3) is 6.69. The Morgan fingerprint density at radius 3 is 2.32 bits per heavy atom. The molecule has 1 heterocycles. The summed E-state index contributed by atoms with van der Waals surface area (Å²) in [5.74, 6) is -0.258. The van der Waals surface area contributed by atoms with Gasteiger partial charge in [0.15, 0.2) is 5.78 Å². The van der Waals surface area contributed by atoms with Crippen molar-refractivity contribution in [1.29, 1.82) is 0 Å². The Hall–Kier alpha value is -1.75. The van der Waals surface area contributed by atoms with Crippen LogP contribution in [0.5, 0.6) is 0 Å². The van der Waals surface area contributed by atoms with Gasteiger partial charge in [0, 0.05) is 25.1 Å². The molecule has 0 spiro atoms. The molecular weight excluding hydrogens is 377 g/mol. The zero-order valence-corrected chi connectivity index (χ0v) is 17.0. The predicted molar refractivity (Wildman–Crippen MR) is 113 cm³/mol. The smallest absolute Gasteiger partial charge is 0.162 e. The molecule has 0 atom stereocenters. The number of carbonyl (C=O) groups excluding carboxylic acids is 1. The van der Waals surface area contributed by atoms with E-state index in [-0.39, 0.29) is 24.0 Å². The van der Waals surface area contributed by atoms with Gasteiger partial charge in [-0.25, -0.2) is 4.39 Å². The van der Waals surface area contributed by atoms with Crippen molar-refractivity contribution in [3.8, 4) is 0 Å². The quantitative estimate of drug-likeness (QED) is 0.649. The van der Waals surface area contributed by atoms with Crippen molar-refractivity contribution in [2.45, 2.75) is 44.1 Å². The van der Waals surface area contributed by atoms with Crippen LogP contribution in [0.25, 0.3) is 0 Å². The van der Waals surface area contributed by atoms with Crippen LogP contribution in [-0.4, -0.2) is 41.0 Å². The predicted octanol–water partition coefficient (Wildman–Crippen LogP) is 4.67. The highest BCUT2D eigenvalue weighted by molar-refractivity contribution is 5.95. The summed E-state index contributed by atoms with van der Waals surface area (Å²) in [6.45, 7) is 2.60. The van der Waals surface area contributed by atoms with E-state index in [1.54, 1.807) is 12.1 Å². The van der Waals surface area contributed by atoms with Crippen molar-refractivity contribution >= 4 is 18.2 Å². The first-order valence-electron chi connectivity index (χ1n) is 9.82. The molecule has 0 bridgehead atoms. The number of halogens is 2. The minimum absolute atomic E-state index is 0. The number of likely N-dealkylation sites (tertiary alicyclic amines) is 1. The molecule has 1 N–H and O–H groups in total. The maximum atomic E-state index is 12.9. The highest BCUT2D eigenvalue weighted by atomic mass is 35.5. The molecule has 0 aromatic heterocycles. The first kappa shape index (κ1) is 22.5. The molecule has 0 saturated carbocycles. The zero-order valence-electron chi connectivity index (χ0n) is 16.1. The van der Waals surface area contributed by atoms with Crippen molar-refractivity contribution in [1.82, 2.24) is 4.90 Å². The Morgan fingerprint density at radius 1 is 1.04 bits per heavy atom. The number of aryl methyl sites for hydroxylation is 1. The Bertz CT molecular complexity index is 728. The molecule has 0 amide bonds. The minimum Gasteiger partial charge on any atom is -0.390 e. The number of ketones is 1. The summed E-state index contributed by atoms with van der Waals surface area (Å²) < 4.78 is 12.9. The largest absolute Gasteiger partial charge is 0.390 e. The average molecular weight is 406 g/mol. The summed E-state index contributed by atoms with van der Waals surface area (Å²) in [5, 5.41) is 10.8. The number of piperidine rings is 1. The lowest BCUT2D eigenvalue weighted by Crippen LogP contribution is -2.44. The van der Waals surface area contributed by atoms with E-state index in [0.717, 1.165) is 51.7 Å². The highest BCUT2D eigenvalue weighted by Gasteiger charge is 2.31. The fourth-order valence-electron chi connectivity index (χ4n) is 3.71. The monoisotopic (exact) mass is 405 g/mol. The Kier molecular flexibility index (Phi) is 8.61. The lowest BCUT2D eigenvalue weighted by molar-refractivity contribution is -0.0274. The van der Waals surface area contributed by atoms with Gasteiger partial charge in [-0.15, -0.1) is 12.4 Å². The molecule has 2 aromatic rings. The maximum absolute atomic E-state index is 12.9. The molecule has 28 heavy (non-hydrogen) atoms. The number of aliphatic hydroxyl groups is 1. The van der Waals surface area contributed by atoms with Gasteiger partial charge in [0.05, 0.1) is 5.60 Å². The Morgan fingerprint density at radius 2 is 1.68 bits per heavy atom. The molecule has 0 unspecified atom stereocenters. The van der Waals surface area contributed by atoms with Crippen molar-refractivity contribution in [3.63, 3.8) is 0 Å². The molecule has 1 fully saturated rings. The number of carbonyl (C=O) groups is 1. The van der Waals surface area contributed by atoms with E-state index in [2.05, 4.69) is 17.0 Å². The van der Waals surface area contributed by atoms with Gasteiger partial charge in [0.1, 0.15) is 5.82 Å². The maximum Gasteiger partial charge on any atom is 0.162 e. The third-order valence-corrected chi connectivity index (χ3v) is 5.55. The van der Waals surface area contributed by atoms with E-state index < -0.39 is 5.60 Å². The third-order valence-electron chi connectivity index (χ3n) is 5.55. The SMILES string of the molecule is Cl.O=C(CCCN1CCC(O)(CCc2ccccc2)CC1)c1ccc(F)cc1. The van der Waals surface area contributed by atoms with Gasteiger partial charge < -0.3 is 10.0 Å². The lowest BCUT2D eigenvalue weighted by Gasteiger charge is -2.38. The first-order chi connectivity index (χ1) is 13.0. The topological polar surface area (TPSA) is 40.5 Å². The van der Waals surface area contributed by atoms with Crippen LogP contribution in [0.2, 0.25) is 0 Å².